The first-order chi connectivity index (χ1) is 10.5. The van der Waals surface area contributed by atoms with E-state index in [9.17, 15) is 13.5 Å². The summed E-state index contributed by atoms with van der Waals surface area (Å²) in [5.74, 6) is 0.518. The number of nitrogens with one attached hydrogen (secondary N) is 1. The summed E-state index contributed by atoms with van der Waals surface area (Å²) in [5.41, 5.74) is 2.23. The van der Waals surface area contributed by atoms with Gasteiger partial charge in [-0.05, 0) is 73.3 Å². The normalized spacial score (nSPS) is 18.5. The minimum absolute atomic E-state index is 0.0548. The van der Waals surface area contributed by atoms with Gasteiger partial charge in [-0.2, -0.15) is 0 Å². The van der Waals surface area contributed by atoms with Gasteiger partial charge in [0.15, 0.2) is 0 Å². The Balaban J connectivity index is 1.97. The van der Waals surface area contributed by atoms with Crippen molar-refractivity contribution in [3.05, 3.63) is 53.6 Å². The average molecular weight is 317 g/mol. The number of aromatic hydroxyl groups is 1. The fraction of sp³-hybridized carbons (Fsp3) is 0.294. The third-order valence-corrected chi connectivity index (χ3v) is 5.97. The van der Waals surface area contributed by atoms with Crippen molar-refractivity contribution in [2.45, 2.75) is 29.1 Å². The fourth-order valence-corrected chi connectivity index (χ4v) is 4.30. The first kappa shape index (κ1) is 15.1. The molecule has 0 aliphatic carbocycles. The average Bonchev–Trinajstić information content (AvgIpc) is 3.01. The maximum Gasteiger partial charge on any atom is 0.206 e. The maximum absolute atomic E-state index is 12.6. The van der Waals surface area contributed by atoms with E-state index in [1.807, 2.05) is 13.0 Å². The number of rotatable bonds is 3. The van der Waals surface area contributed by atoms with E-state index in [1.165, 1.54) is 29.8 Å². The van der Waals surface area contributed by atoms with E-state index in [-0.39, 0.29) is 10.6 Å². The zero-order chi connectivity index (χ0) is 15.7. The van der Waals surface area contributed by atoms with Crippen molar-refractivity contribution in [1.82, 2.24) is 5.32 Å². The quantitative estimate of drug-likeness (QED) is 0.913. The van der Waals surface area contributed by atoms with E-state index >= 15 is 0 Å². The molecule has 1 heterocycles. The molecule has 5 heteroatoms. The minimum atomic E-state index is -3.55. The van der Waals surface area contributed by atoms with Crippen molar-refractivity contribution in [2.24, 2.45) is 0 Å². The summed E-state index contributed by atoms with van der Waals surface area (Å²) in [4.78, 5) is 0.491. The lowest BCUT2D eigenvalue weighted by Gasteiger charge is -2.14. The summed E-state index contributed by atoms with van der Waals surface area (Å²) in [6.07, 6.45) is 1.09. The Morgan fingerprint density at radius 1 is 1.09 bits per heavy atom. The Hall–Kier alpha value is -1.85. The Kier molecular flexibility index (Phi) is 3.93. The second-order valence-corrected chi connectivity index (χ2v) is 7.66. The number of hydrogen-bond acceptors (Lipinski definition) is 4. The molecule has 2 N–H and O–H groups in total. The van der Waals surface area contributed by atoms with Crippen molar-refractivity contribution in [3.63, 3.8) is 0 Å². The van der Waals surface area contributed by atoms with Gasteiger partial charge in [0.25, 0.3) is 0 Å². The number of hydrogen-bond donors (Lipinski definition) is 2. The van der Waals surface area contributed by atoms with Gasteiger partial charge in [-0.25, -0.2) is 8.42 Å². The van der Waals surface area contributed by atoms with Gasteiger partial charge in [0.2, 0.25) is 9.84 Å². The van der Waals surface area contributed by atoms with Gasteiger partial charge in [-0.3, -0.25) is 0 Å². The molecule has 22 heavy (non-hydrogen) atoms. The third kappa shape index (κ3) is 2.74. The monoisotopic (exact) mass is 317 g/mol. The van der Waals surface area contributed by atoms with E-state index < -0.39 is 9.84 Å². The standard InChI is InChI=1S/C17H19NO3S/c1-12-10-16(6-7-17(12)13-8-9-18-11-13)22(20,21)15-4-2-14(19)3-5-15/h2-7,10,13,18-19H,8-9,11H2,1H3/t13-/m1/s1. The zero-order valence-corrected chi connectivity index (χ0v) is 13.2. The Bertz CT molecular complexity index is 776. The van der Waals surface area contributed by atoms with Crippen LogP contribution >= 0.6 is 0 Å². The highest BCUT2D eigenvalue weighted by atomic mass is 32.2. The summed E-state index contributed by atoms with van der Waals surface area (Å²) in [6.45, 7) is 3.92. The van der Waals surface area contributed by atoms with Crippen molar-refractivity contribution < 1.29 is 13.5 Å². The van der Waals surface area contributed by atoms with Gasteiger partial charge >= 0.3 is 0 Å². The predicted octanol–water partition coefficient (Wildman–Crippen LogP) is 2.61. The van der Waals surface area contributed by atoms with Crippen LogP contribution in [0.4, 0.5) is 0 Å². The van der Waals surface area contributed by atoms with Crippen LogP contribution < -0.4 is 5.32 Å². The van der Waals surface area contributed by atoms with Gasteiger partial charge in [0.05, 0.1) is 9.79 Å². The number of phenolic OH excluding ortho intramolecular Hbond substituents is 1. The van der Waals surface area contributed by atoms with E-state index in [2.05, 4.69) is 5.32 Å². The molecule has 0 amide bonds. The molecule has 0 aromatic heterocycles. The lowest BCUT2D eigenvalue weighted by molar-refractivity contribution is 0.475. The highest BCUT2D eigenvalue weighted by Gasteiger charge is 2.22. The molecule has 1 saturated heterocycles. The van der Waals surface area contributed by atoms with Crippen LogP contribution in [0.15, 0.2) is 52.3 Å². The van der Waals surface area contributed by atoms with Crippen molar-refractivity contribution in [1.29, 1.82) is 0 Å². The Morgan fingerprint density at radius 2 is 1.77 bits per heavy atom. The molecule has 1 atom stereocenters. The number of aryl methyl sites for hydroxylation is 1. The van der Waals surface area contributed by atoms with Gasteiger partial charge in [0.1, 0.15) is 5.75 Å². The molecule has 0 radical (unpaired) electrons. The van der Waals surface area contributed by atoms with E-state index in [1.54, 1.807) is 12.1 Å². The Morgan fingerprint density at radius 3 is 2.36 bits per heavy atom. The molecule has 1 aliphatic rings. The lowest BCUT2D eigenvalue weighted by Crippen LogP contribution is -2.09. The van der Waals surface area contributed by atoms with E-state index in [0.717, 1.165) is 25.1 Å². The summed E-state index contributed by atoms with van der Waals surface area (Å²) < 4.78 is 25.3. The molecule has 0 saturated carbocycles. The molecule has 1 aliphatic heterocycles. The van der Waals surface area contributed by atoms with Crippen LogP contribution in [0.2, 0.25) is 0 Å². The Labute approximate surface area is 130 Å². The van der Waals surface area contributed by atoms with Crippen molar-refractivity contribution in [2.75, 3.05) is 13.1 Å². The molecule has 2 aromatic carbocycles. The van der Waals surface area contributed by atoms with Crippen LogP contribution in [0.3, 0.4) is 0 Å². The van der Waals surface area contributed by atoms with E-state index in [4.69, 9.17) is 0 Å². The van der Waals surface area contributed by atoms with Crippen LogP contribution in [0.1, 0.15) is 23.5 Å². The highest BCUT2D eigenvalue weighted by Crippen LogP contribution is 2.29. The maximum atomic E-state index is 12.6. The van der Waals surface area contributed by atoms with Gasteiger partial charge < -0.3 is 10.4 Å². The fourth-order valence-electron chi connectivity index (χ4n) is 2.95. The number of phenols is 1. The number of benzene rings is 2. The van der Waals surface area contributed by atoms with Crippen LogP contribution in [0.5, 0.6) is 5.75 Å². The van der Waals surface area contributed by atoms with E-state index in [0.29, 0.717) is 10.8 Å². The molecule has 3 rings (SSSR count). The summed E-state index contributed by atoms with van der Waals surface area (Å²) in [7, 11) is -3.55. The first-order valence-electron chi connectivity index (χ1n) is 7.34. The minimum Gasteiger partial charge on any atom is -0.508 e. The van der Waals surface area contributed by atoms with Crippen molar-refractivity contribution >= 4 is 9.84 Å². The topological polar surface area (TPSA) is 66.4 Å². The largest absolute Gasteiger partial charge is 0.508 e. The van der Waals surface area contributed by atoms with Gasteiger partial charge in [-0.15, -0.1) is 0 Å². The van der Waals surface area contributed by atoms with Crippen LogP contribution in [0.25, 0.3) is 0 Å². The molecule has 0 unspecified atom stereocenters. The van der Waals surface area contributed by atoms with Crippen LogP contribution in [0, 0.1) is 6.92 Å². The molecule has 0 bridgehead atoms. The zero-order valence-electron chi connectivity index (χ0n) is 12.4. The third-order valence-electron chi connectivity index (χ3n) is 4.20. The molecule has 2 aromatic rings. The highest BCUT2D eigenvalue weighted by molar-refractivity contribution is 7.91. The molecular weight excluding hydrogens is 298 g/mol. The van der Waals surface area contributed by atoms with Gasteiger partial charge in [-0.1, -0.05) is 6.07 Å². The smallest absolute Gasteiger partial charge is 0.206 e. The summed E-state index contributed by atoms with van der Waals surface area (Å²) >= 11 is 0. The van der Waals surface area contributed by atoms with Gasteiger partial charge in [0, 0.05) is 6.54 Å². The second kappa shape index (κ2) is 5.74. The first-order valence-corrected chi connectivity index (χ1v) is 8.82. The van der Waals surface area contributed by atoms with Crippen LogP contribution in [-0.2, 0) is 9.84 Å². The molecule has 0 spiro atoms. The molecule has 116 valence electrons. The second-order valence-electron chi connectivity index (χ2n) is 5.71. The van der Waals surface area contributed by atoms with Crippen LogP contribution in [-0.4, -0.2) is 26.6 Å². The summed E-state index contributed by atoms with van der Waals surface area (Å²) in [5, 5.41) is 12.6. The molecule has 4 nitrogen and oxygen atoms in total. The lowest BCUT2D eigenvalue weighted by atomic mass is 9.94. The van der Waals surface area contributed by atoms with Crippen molar-refractivity contribution in [3.8, 4) is 5.75 Å². The number of sulfone groups is 1. The molecular formula is C17H19NO3S. The SMILES string of the molecule is Cc1cc(S(=O)(=O)c2ccc(O)cc2)ccc1[C@@H]1CCNC1. The summed E-state index contributed by atoms with van der Waals surface area (Å²) in [6, 6.07) is 11.0. The predicted molar refractivity (Wildman–Crippen MR) is 85.0 cm³/mol. The molecule has 1 fully saturated rings.